The van der Waals surface area contributed by atoms with Gasteiger partial charge in [0.05, 0.1) is 17.0 Å². The average Bonchev–Trinajstić information content (AvgIpc) is 3.61. The molecule has 6 unspecified atom stereocenters. The van der Waals surface area contributed by atoms with Crippen LogP contribution in [0.15, 0.2) is 93.5 Å². The van der Waals surface area contributed by atoms with Crippen molar-refractivity contribution in [2.24, 2.45) is 29.6 Å². The first-order valence-electron chi connectivity index (χ1n) is 13.5. The molecule has 3 aromatic rings. The summed E-state index contributed by atoms with van der Waals surface area (Å²) in [5.41, 5.74) is 0. The van der Waals surface area contributed by atoms with E-state index in [-0.39, 0.29) is 34.5 Å². The largest absolute Gasteiger partial charge is 0.461 e. The molecule has 0 spiro atoms. The van der Waals surface area contributed by atoms with Crippen LogP contribution in [-0.2, 0) is 15.6 Å². The first-order chi connectivity index (χ1) is 17.6. The first kappa shape index (κ1) is 24.1. The van der Waals surface area contributed by atoms with E-state index in [0.717, 1.165) is 29.1 Å². The van der Waals surface area contributed by atoms with Crippen LogP contribution in [0.2, 0.25) is 0 Å². The molecule has 3 saturated carbocycles. The minimum atomic E-state index is -0.450. The molecule has 2 bridgehead atoms. The maximum Gasteiger partial charge on any atom is 0.202 e. The molecule has 6 rings (SSSR count). The van der Waals surface area contributed by atoms with Gasteiger partial charge < -0.3 is 9.47 Å². The van der Waals surface area contributed by atoms with E-state index in [4.69, 9.17) is 9.47 Å². The van der Waals surface area contributed by atoms with Crippen molar-refractivity contribution in [2.45, 2.75) is 73.0 Å². The number of hydrogen-bond acceptors (Lipinski definition) is 2. The highest BCUT2D eigenvalue weighted by molar-refractivity contribution is 7.97. The zero-order chi connectivity index (χ0) is 24.6. The first-order valence-corrected chi connectivity index (χ1v) is 14.8. The van der Waals surface area contributed by atoms with Crippen LogP contribution in [0, 0.1) is 35.4 Å². The number of fused-ring (bicyclic) bond motifs is 5. The van der Waals surface area contributed by atoms with Gasteiger partial charge in [0, 0.05) is 12.0 Å². The van der Waals surface area contributed by atoms with Gasteiger partial charge in [-0.05, 0) is 85.8 Å². The standard InChI is InChI=1S/C32H36FO2S/c1-21(2)32(34-30-19-22-18-28(30)27-15-9-14-26(22)27)35-31-20-25(16-17-29(31)33)36(23-10-5-3-6-11-23)24-12-7-4-8-13-24/h3-8,10-13,16-17,20-22,26-28,30,32H,9,14-15,18-19H2,1-2H3/q+1. The normalized spacial score (nSPS) is 27.5. The van der Waals surface area contributed by atoms with Gasteiger partial charge in [0.1, 0.15) is 0 Å². The zero-order valence-corrected chi connectivity index (χ0v) is 22.0. The van der Waals surface area contributed by atoms with Crippen LogP contribution in [0.3, 0.4) is 0 Å². The number of benzene rings is 3. The molecule has 0 saturated heterocycles. The molecule has 0 aliphatic heterocycles. The van der Waals surface area contributed by atoms with Crippen molar-refractivity contribution in [1.29, 1.82) is 0 Å². The van der Waals surface area contributed by atoms with Crippen molar-refractivity contribution in [3.63, 3.8) is 0 Å². The highest BCUT2D eigenvalue weighted by Crippen LogP contribution is 2.59. The van der Waals surface area contributed by atoms with E-state index in [1.54, 1.807) is 6.07 Å². The molecule has 6 atom stereocenters. The monoisotopic (exact) mass is 503 g/mol. The molecule has 3 aliphatic carbocycles. The van der Waals surface area contributed by atoms with Crippen molar-refractivity contribution in [3.05, 3.63) is 84.7 Å². The molecule has 0 amide bonds. The molecule has 0 radical (unpaired) electrons. The average molecular weight is 504 g/mol. The van der Waals surface area contributed by atoms with Crippen LogP contribution in [0.5, 0.6) is 5.75 Å². The molecule has 3 aromatic carbocycles. The van der Waals surface area contributed by atoms with Crippen molar-refractivity contribution in [3.8, 4) is 5.75 Å². The number of rotatable bonds is 8. The number of hydrogen-bond donors (Lipinski definition) is 0. The summed E-state index contributed by atoms with van der Waals surface area (Å²) in [5, 5.41) is 0. The Kier molecular flexibility index (Phi) is 6.83. The second-order valence-corrected chi connectivity index (χ2v) is 13.1. The third kappa shape index (κ3) is 4.59. The molecule has 4 heteroatoms. The van der Waals surface area contributed by atoms with Crippen molar-refractivity contribution < 1.29 is 13.9 Å². The van der Waals surface area contributed by atoms with Gasteiger partial charge >= 0.3 is 0 Å². The van der Waals surface area contributed by atoms with Crippen molar-refractivity contribution >= 4 is 10.9 Å². The van der Waals surface area contributed by atoms with E-state index >= 15 is 4.39 Å². The van der Waals surface area contributed by atoms with Crippen LogP contribution in [0.25, 0.3) is 0 Å². The third-order valence-electron chi connectivity index (χ3n) is 8.56. The lowest BCUT2D eigenvalue weighted by Gasteiger charge is -2.35. The summed E-state index contributed by atoms with van der Waals surface area (Å²) in [7, 11) is -0.355. The lowest BCUT2D eigenvalue weighted by Crippen LogP contribution is -2.37. The van der Waals surface area contributed by atoms with E-state index in [2.05, 4.69) is 62.4 Å². The molecular formula is C32H36FO2S+. The second kappa shape index (κ2) is 10.2. The van der Waals surface area contributed by atoms with Crippen LogP contribution >= 0.6 is 0 Å². The summed E-state index contributed by atoms with van der Waals surface area (Å²) in [6, 6.07) is 26.2. The number of halogens is 1. The Morgan fingerprint density at radius 2 is 1.44 bits per heavy atom. The lowest BCUT2D eigenvalue weighted by atomic mass is 9.80. The summed E-state index contributed by atoms with van der Waals surface area (Å²) in [5.74, 6) is 3.33. The van der Waals surface area contributed by atoms with Crippen LogP contribution in [-0.4, -0.2) is 12.4 Å². The van der Waals surface area contributed by atoms with E-state index in [1.807, 2.05) is 24.3 Å². The molecule has 0 N–H and O–H groups in total. The van der Waals surface area contributed by atoms with Crippen LogP contribution in [0.4, 0.5) is 4.39 Å². The minimum Gasteiger partial charge on any atom is -0.461 e. The van der Waals surface area contributed by atoms with Gasteiger partial charge in [0.25, 0.3) is 0 Å². The highest BCUT2D eigenvalue weighted by atomic mass is 32.2. The molecule has 3 fully saturated rings. The molecule has 3 aliphatic rings. The van der Waals surface area contributed by atoms with Gasteiger partial charge in [0.15, 0.2) is 26.3 Å². The van der Waals surface area contributed by atoms with Gasteiger partial charge in [-0.1, -0.05) is 56.7 Å². The van der Waals surface area contributed by atoms with E-state index < -0.39 is 6.29 Å². The predicted octanol–water partition coefficient (Wildman–Crippen LogP) is 8.12. The maximum absolute atomic E-state index is 15.1. The van der Waals surface area contributed by atoms with Crippen LogP contribution in [0.1, 0.15) is 46.0 Å². The Bertz CT molecular complexity index is 1130. The van der Waals surface area contributed by atoms with E-state index in [1.165, 1.54) is 35.5 Å². The Hall–Kier alpha value is -2.30. The van der Waals surface area contributed by atoms with Gasteiger partial charge in [-0.2, -0.15) is 0 Å². The molecule has 2 nitrogen and oxygen atoms in total. The summed E-state index contributed by atoms with van der Waals surface area (Å²) in [6.45, 7) is 4.22. The summed E-state index contributed by atoms with van der Waals surface area (Å²) in [4.78, 5) is 3.44. The Morgan fingerprint density at radius 3 is 2.11 bits per heavy atom. The van der Waals surface area contributed by atoms with Gasteiger partial charge in [-0.3, -0.25) is 0 Å². The Morgan fingerprint density at radius 1 is 0.778 bits per heavy atom. The molecule has 0 heterocycles. The third-order valence-corrected chi connectivity index (χ3v) is 10.8. The van der Waals surface area contributed by atoms with Gasteiger partial charge in [-0.25, -0.2) is 4.39 Å². The summed E-state index contributed by atoms with van der Waals surface area (Å²) in [6.07, 6.45) is 6.40. The zero-order valence-electron chi connectivity index (χ0n) is 21.2. The predicted molar refractivity (Wildman–Crippen MR) is 143 cm³/mol. The number of ether oxygens (including phenoxy) is 2. The molecule has 36 heavy (non-hydrogen) atoms. The minimum absolute atomic E-state index is 0.132. The SMILES string of the molecule is CC(C)C(Oc1cc([S+](c2ccccc2)c2ccccc2)ccc1F)OC1CC2CC1C1CCCC21. The van der Waals surface area contributed by atoms with Crippen LogP contribution < -0.4 is 4.74 Å². The lowest BCUT2D eigenvalue weighted by molar-refractivity contribution is -0.163. The Labute approximate surface area is 217 Å². The fourth-order valence-electron chi connectivity index (χ4n) is 7.00. The van der Waals surface area contributed by atoms with Crippen molar-refractivity contribution in [1.82, 2.24) is 0 Å². The van der Waals surface area contributed by atoms with E-state index in [9.17, 15) is 0 Å². The maximum atomic E-state index is 15.1. The second-order valence-electron chi connectivity index (χ2n) is 11.1. The fourth-order valence-corrected chi connectivity index (χ4v) is 9.11. The quantitative estimate of drug-likeness (QED) is 0.228. The topological polar surface area (TPSA) is 18.5 Å². The molecule has 188 valence electrons. The Balaban J connectivity index is 1.26. The summed E-state index contributed by atoms with van der Waals surface area (Å²) < 4.78 is 28.1. The fraction of sp³-hybridized carbons (Fsp3) is 0.438. The van der Waals surface area contributed by atoms with Gasteiger partial charge in [0.2, 0.25) is 6.29 Å². The summed E-state index contributed by atoms with van der Waals surface area (Å²) >= 11 is 0. The van der Waals surface area contributed by atoms with Gasteiger partial charge in [-0.15, -0.1) is 0 Å². The van der Waals surface area contributed by atoms with E-state index in [0.29, 0.717) is 5.92 Å². The van der Waals surface area contributed by atoms with Crippen molar-refractivity contribution in [2.75, 3.05) is 0 Å². The highest BCUT2D eigenvalue weighted by Gasteiger charge is 2.54. The molecule has 0 aromatic heterocycles. The molecular weight excluding hydrogens is 467 g/mol. The smallest absolute Gasteiger partial charge is 0.202 e.